The van der Waals surface area contributed by atoms with Crippen molar-refractivity contribution in [3.63, 3.8) is 0 Å². The number of carboxylic acids is 1. The first-order chi connectivity index (χ1) is 9.73. The number of hydrogen-bond donors (Lipinski definition) is 1. The number of hydrogen-bond acceptors (Lipinski definition) is 6. The number of carbonyl (C=O) groups excluding carboxylic acids is 1. The van der Waals surface area contributed by atoms with Gasteiger partial charge in [-0.2, -0.15) is 4.31 Å². The summed E-state index contributed by atoms with van der Waals surface area (Å²) in [6.07, 6.45) is 0. The van der Waals surface area contributed by atoms with E-state index >= 15 is 0 Å². The molecular formula is C11H14BrNO7S. The van der Waals surface area contributed by atoms with Crippen LogP contribution in [0.1, 0.15) is 24.4 Å². The number of rotatable bonds is 7. The number of nitrogens with zero attached hydrogens (tertiary/aromatic N) is 1. The lowest BCUT2D eigenvalue weighted by molar-refractivity contribution is -0.143. The molecule has 21 heavy (non-hydrogen) atoms. The van der Waals surface area contributed by atoms with Crippen LogP contribution in [-0.2, 0) is 19.6 Å². The van der Waals surface area contributed by atoms with E-state index in [0.717, 1.165) is 10.4 Å². The van der Waals surface area contributed by atoms with Crippen molar-refractivity contribution in [3.05, 3.63) is 16.5 Å². The second-order valence-corrected chi connectivity index (χ2v) is 6.42. The number of aromatic carboxylic acids is 1. The van der Waals surface area contributed by atoms with Gasteiger partial charge in [0.25, 0.3) is 0 Å². The SMILES string of the molecule is CCOC(=O)CN(CC)S(=O)(=O)c1cc(C(=O)O)oc1Br. The van der Waals surface area contributed by atoms with Crippen molar-refractivity contribution >= 4 is 37.9 Å². The smallest absolute Gasteiger partial charge is 0.371 e. The summed E-state index contributed by atoms with van der Waals surface area (Å²) in [4.78, 5) is 21.9. The van der Waals surface area contributed by atoms with Gasteiger partial charge in [0.2, 0.25) is 15.8 Å². The van der Waals surface area contributed by atoms with E-state index in [2.05, 4.69) is 15.9 Å². The normalized spacial score (nSPS) is 11.6. The first kappa shape index (κ1) is 17.7. The standard InChI is InChI=1S/C11H14BrNO7S/c1-3-13(6-9(14)19-4-2)21(17,18)8-5-7(11(15)16)20-10(8)12/h5H,3-4,6H2,1-2H3,(H,15,16). The second-order valence-electron chi connectivity index (χ2n) is 3.79. The predicted octanol–water partition coefficient (Wildman–Crippen LogP) is 1.31. The fourth-order valence-electron chi connectivity index (χ4n) is 1.49. The zero-order chi connectivity index (χ0) is 16.2. The topological polar surface area (TPSA) is 114 Å². The van der Waals surface area contributed by atoms with Gasteiger partial charge >= 0.3 is 11.9 Å². The van der Waals surface area contributed by atoms with Gasteiger partial charge < -0.3 is 14.3 Å². The zero-order valence-electron chi connectivity index (χ0n) is 11.3. The Hall–Kier alpha value is -1.39. The highest BCUT2D eigenvalue weighted by Gasteiger charge is 2.31. The summed E-state index contributed by atoms with van der Waals surface area (Å²) in [5, 5.41) is 8.80. The van der Waals surface area contributed by atoms with Crippen LogP contribution in [0.3, 0.4) is 0 Å². The van der Waals surface area contributed by atoms with Gasteiger partial charge in [0.05, 0.1) is 6.61 Å². The molecule has 10 heteroatoms. The van der Waals surface area contributed by atoms with Crippen LogP contribution in [0.2, 0.25) is 0 Å². The van der Waals surface area contributed by atoms with E-state index in [1.807, 2.05) is 0 Å². The molecule has 0 aromatic carbocycles. The minimum absolute atomic E-state index is 0.0151. The lowest BCUT2D eigenvalue weighted by atomic mass is 10.5. The summed E-state index contributed by atoms with van der Waals surface area (Å²) in [6.45, 7) is 2.83. The molecule has 0 amide bonds. The van der Waals surface area contributed by atoms with Gasteiger partial charge in [0.1, 0.15) is 11.4 Å². The molecule has 8 nitrogen and oxygen atoms in total. The van der Waals surface area contributed by atoms with Crippen LogP contribution in [0.4, 0.5) is 0 Å². The molecule has 0 saturated carbocycles. The molecule has 0 aliphatic rings. The fourth-order valence-corrected chi connectivity index (χ4v) is 3.79. The van der Waals surface area contributed by atoms with Gasteiger partial charge in [-0.3, -0.25) is 4.79 Å². The summed E-state index contributed by atoms with van der Waals surface area (Å²) in [7, 11) is -4.08. The quantitative estimate of drug-likeness (QED) is 0.705. The highest BCUT2D eigenvalue weighted by atomic mass is 79.9. The molecule has 0 atom stereocenters. The van der Waals surface area contributed by atoms with Crippen molar-refractivity contribution in [3.8, 4) is 0 Å². The van der Waals surface area contributed by atoms with Crippen LogP contribution in [0.25, 0.3) is 0 Å². The van der Waals surface area contributed by atoms with Crippen molar-refractivity contribution in [2.75, 3.05) is 19.7 Å². The first-order valence-electron chi connectivity index (χ1n) is 5.92. The fraction of sp³-hybridized carbons (Fsp3) is 0.455. The molecular weight excluding hydrogens is 370 g/mol. The van der Waals surface area contributed by atoms with Gasteiger partial charge in [-0.1, -0.05) is 6.92 Å². The lowest BCUT2D eigenvalue weighted by Crippen LogP contribution is -2.36. The third kappa shape index (κ3) is 4.05. The Morgan fingerprint density at radius 2 is 2.05 bits per heavy atom. The van der Waals surface area contributed by atoms with Crippen molar-refractivity contribution in [1.29, 1.82) is 0 Å². The minimum atomic E-state index is -4.08. The minimum Gasteiger partial charge on any atom is -0.475 e. The maximum atomic E-state index is 12.4. The summed E-state index contributed by atoms with van der Waals surface area (Å²) < 4.78 is 34.9. The first-order valence-corrected chi connectivity index (χ1v) is 8.15. The van der Waals surface area contributed by atoms with E-state index in [1.165, 1.54) is 0 Å². The largest absolute Gasteiger partial charge is 0.475 e. The van der Waals surface area contributed by atoms with Crippen molar-refractivity contribution in [2.24, 2.45) is 0 Å². The lowest BCUT2D eigenvalue weighted by Gasteiger charge is -2.18. The van der Waals surface area contributed by atoms with Crippen LogP contribution in [0.5, 0.6) is 0 Å². The average molecular weight is 384 g/mol. The highest BCUT2D eigenvalue weighted by Crippen LogP contribution is 2.28. The van der Waals surface area contributed by atoms with E-state index in [4.69, 9.17) is 14.3 Å². The summed E-state index contributed by atoms with van der Waals surface area (Å²) in [6, 6.07) is 0.884. The molecule has 0 bridgehead atoms. The number of sulfonamides is 1. The number of likely N-dealkylation sites (N-methyl/N-ethyl adjacent to an activating group) is 1. The van der Waals surface area contributed by atoms with Crippen LogP contribution in [0, 0.1) is 0 Å². The number of carboxylic acid groups (broad SMARTS) is 1. The Labute approximate surface area is 129 Å². The Kier molecular flexibility index (Phi) is 5.93. The Balaban J connectivity index is 3.13. The second kappa shape index (κ2) is 7.05. The molecule has 0 aliphatic heterocycles. The van der Waals surface area contributed by atoms with Gasteiger partial charge in [-0.15, -0.1) is 0 Å². The van der Waals surface area contributed by atoms with E-state index in [1.54, 1.807) is 13.8 Å². The Morgan fingerprint density at radius 3 is 2.48 bits per heavy atom. The average Bonchev–Trinajstić information content (AvgIpc) is 2.79. The summed E-state index contributed by atoms with van der Waals surface area (Å²) in [5.74, 6) is -2.61. The van der Waals surface area contributed by atoms with Gasteiger partial charge in [-0.05, 0) is 22.9 Å². The number of halogens is 1. The molecule has 1 N–H and O–H groups in total. The molecule has 0 unspecified atom stereocenters. The summed E-state index contributed by atoms with van der Waals surface area (Å²) in [5.41, 5.74) is 0. The molecule has 0 saturated heterocycles. The maximum absolute atomic E-state index is 12.4. The van der Waals surface area contributed by atoms with Gasteiger partial charge in [0.15, 0.2) is 4.67 Å². The highest BCUT2D eigenvalue weighted by molar-refractivity contribution is 9.10. The van der Waals surface area contributed by atoms with Crippen molar-refractivity contribution in [2.45, 2.75) is 18.7 Å². The molecule has 1 heterocycles. The van der Waals surface area contributed by atoms with Crippen LogP contribution < -0.4 is 0 Å². The molecule has 0 fully saturated rings. The zero-order valence-corrected chi connectivity index (χ0v) is 13.7. The molecule has 1 rings (SSSR count). The van der Waals surface area contributed by atoms with Crippen LogP contribution in [0.15, 0.2) is 20.0 Å². The van der Waals surface area contributed by atoms with E-state index in [0.29, 0.717) is 0 Å². The maximum Gasteiger partial charge on any atom is 0.371 e. The number of esters is 1. The van der Waals surface area contributed by atoms with Crippen molar-refractivity contribution in [1.82, 2.24) is 4.31 Å². The predicted molar refractivity (Wildman–Crippen MR) is 74.4 cm³/mol. The Morgan fingerprint density at radius 1 is 1.43 bits per heavy atom. The van der Waals surface area contributed by atoms with Gasteiger partial charge in [0, 0.05) is 12.6 Å². The monoisotopic (exact) mass is 383 g/mol. The number of ether oxygens (including phenoxy) is 1. The van der Waals surface area contributed by atoms with Crippen LogP contribution in [-0.4, -0.2) is 49.5 Å². The van der Waals surface area contributed by atoms with E-state index in [-0.39, 0.29) is 22.7 Å². The third-order valence-corrected chi connectivity index (χ3v) is 5.23. The van der Waals surface area contributed by atoms with Gasteiger partial charge in [-0.25, -0.2) is 13.2 Å². The van der Waals surface area contributed by atoms with Crippen LogP contribution >= 0.6 is 15.9 Å². The molecule has 0 aliphatic carbocycles. The molecule has 1 aromatic rings. The third-order valence-electron chi connectivity index (χ3n) is 2.45. The number of carbonyl (C=O) groups is 2. The summed E-state index contributed by atoms with van der Waals surface area (Å²) >= 11 is 2.86. The molecule has 1 aromatic heterocycles. The number of furan rings is 1. The molecule has 118 valence electrons. The van der Waals surface area contributed by atoms with Crippen molar-refractivity contribution < 1.29 is 32.3 Å². The van der Waals surface area contributed by atoms with E-state index in [9.17, 15) is 18.0 Å². The molecule has 0 radical (unpaired) electrons. The Bertz CT molecular complexity index is 637. The molecule has 0 spiro atoms. The van der Waals surface area contributed by atoms with E-state index < -0.39 is 34.3 Å².